The zero-order chi connectivity index (χ0) is 35.8. The second-order valence-corrected chi connectivity index (χ2v) is 15.1. The number of piperidine rings is 3. The number of nitrogens with one attached hydrogen (secondary N) is 2. The molecule has 3 aliphatic heterocycles. The standard InChI is InChI=1S/C41H55N3O7/c1-29(42-24-38(48)32-12-14-37(47)36(23-32)43-28-46)31-13-15-39(33(22-31)26-45)50-21-7-18-44-19-16-30(17-20-44)40(25-44)51-27-41(49,35-10-5-6-11-35)34-8-3-2-4-9-34/h2-4,8-9,12-15,22-23,28-30,35,38,40,42,45,48-49H,5-7,10-11,16-21,24-27H2,1H3,(H-,43,46,47)/p+1/t29?,30?,38-,40-,41?,44?/m0/s1. The summed E-state index contributed by atoms with van der Waals surface area (Å²) in [5, 5.41) is 48.6. The van der Waals surface area contributed by atoms with E-state index in [1.165, 1.54) is 18.9 Å². The smallest absolute Gasteiger partial charge is 0.211 e. The van der Waals surface area contributed by atoms with Gasteiger partial charge in [-0.2, -0.15) is 0 Å². The van der Waals surface area contributed by atoms with Gasteiger partial charge in [-0.05, 0) is 66.6 Å². The molecular weight excluding hydrogens is 646 g/mol. The van der Waals surface area contributed by atoms with E-state index in [1.54, 1.807) is 12.1 Å². The molecule has 7 rings (SSSR count). The van der Waals surface area contributed by atoms with Crippen molar-refractivity contribution in [2.45, 2.75) is 82.3 Å². The number of aliphatic hydroxyl groups excluding tert-OH is 2. The molecule has 0 radical (unpaired) electrons. The highest BCUT2D eigenvalue weighted by Gasteiger charge is 2.48. The molecule has 3 heterocycles. The Morgan fingerprint density at radius 1 is 1.00 bits per heavy atom. The lowest BCUT2D eigenvalue weighted by Gasteiger charge is -2.53. The van der Waals surface area contributed by atoms with E-state index in [1.807, 2.05) is 43.3 Å². The van der Waals surface area contributed by atoms with Gasteiger partial charge in [-0.25, -0.2) is 0 Å². The third-order valence-electron chi connectivity index (χ3n) is 11.9. The van der Waals surface area contributed by atoms with Gasteiger partial charge < -0.3 is 45.0 Å². The Morgan fingerprint density at radius 2 is 1.75 bits per heavy atom. The van der Waals surface area contributed by atoms with Crippen molar-refractivity contribution in [1.82, 2.24) is 5.32 Å². The molecule has 4 atom stereocenters. The summed E-state index contributed by atoms with van der Waals surface area (Å²) in [5.74, 6) is 1.41. The van der Waals surface area contributed by atoms with Crippen molar-refractivity contribution in [2.24, 2.45) is 11.8 Å². The van der Waals surface area contributed by atoms with Crippen LogP contribution in [-0.2, 0) is 21.7 Å². The van der Waals surface area contributed by atoms with E-state index >= 15 is 0 Å². The molecule has 4 fully saturated rings. The molecule has 0 spiro atoms. The zero-order valence-corrected chi connectivity index (χ0v) is 29.9. The highest BCUT2D eigenvalue weighted by atomic mass is 16.5. The van der Waals surface area contributed by atoms with Crippen molar-refractivity contribution >= 4 is 12.1 Å². The summed E-state index contributed by atoms with van der Waals surface area (Å²) >= 11 is 0. The summed E-state index contributed by atoms with van der Waals surface area (Å²) in [6.07, 6.45) is 7.45. The number of aliphatic hydroxyl groups is 3. The topological polar surface area (TPSA) is 141 Å². The molecule has 3 aromatic carbocycles. The third kappa shape index (κ3) is 8.76. The average molecular weight is 703 g/mol. The van der Waals surface area contributed by atoms with Crippen LogP contribution in [0, 0.1) is 11.8 Å². The molecule has 4 aliphatic rings. The highest BCUT2D eigenvalue weighted by molar-refractivity contribution is 5.75. The predicted molar refractivity (Wildman–Crippen MR) is 196 cm³/mol. The van der Waals surface area contributed by atoms with E-state index in [2.05, 4.69) is 22.8 Å². The molecule has 10 nitrogen and oxygen atoms in total. The molecule has 1 aliphatic carbocycles. The monoisotopic (exact) mass is 702 g/mol. The van der Waals surface area contributed by atoms with Crippen LogP contribution in [0.5, 0.6) is 11.5 Å². The summed E-state index contributed by atoms with van der Waals surface area (Å²) in [4.78, 5) is 10.8. The second-order valence-electron chi connectivity index (χ2n) is 15.1. The zero-order valence-electron chi connectivity index (χ0n) is 29.9. The SMILES string of the molecule is CC(NC[C@H](O)c1ccc(O)c(NC=O)c1)c1ccc(OCCC[N+]23CCC(CC2)[C@@H](OCC(O)(c2ccccc2)C2CCCC2)C3)c(CO)c1. The Labute approximate surface area is 302 Å². The number of aromatic hydroxyl groups is 1. The van der Waals surface area contributed by atoms with Crippen LogP contribution in [0.15, 0.2) is 66.7 Å². The van der Waals surface area contributed by atoms with Crippen LogP contribution in [0.1, 0.15) is 86.3 Å². The van der Waals surface area contributed by atoms with Gasteiger partial charge >= 0.3 is 0 Å². The van der Waals surface area contributed by atoms with E-state index in [-0.39, 0.29) is 42.7 Å². The van der Waals surface area contributed by atoms with E-state index < -0.39 is 11.7 Å². The highest BCUT2D eigenvalue weighted by Crippen LogP contribution is 2.43. The van der Waals surface area contributed by atoms with Crippen molar-refractivity contribution in [1.29, 1.82) is 0 Å². The van der Waals surface area contributed by atoms with Crippen molar-refractivity contribution in [2.75, 3.05) is 51.3 Å². The minimum absolute atomic E-state index is 0.0694. The normalized spacial score (nSPS) is 24.2. The van der Waals surface area contributed by atoms with Gasteiger partial charge in [0.2, 0.25) is 6.41 Å². The number of amides is 1. The van der Waals surface area contributed by atoms with Crippen LogP contribution in [0.4, 0.5) is 5.69 Å². The Balaban J connectivity index is 0.988. The number of anilines is 1. The molecule has 1 amide bonds. The molecule has 51 heavy (non-hydrogen) atoms. The minimum atomic E-state index is -0.938. The van der Waals surface area contributed by atoms with Crippen LogP contribution in [0.3, 0.4) is 0 Å². The first-order valence-electron chi connectivity index (χ1n) is 18.8. The number of benzene rings is 3. The lowest BCUT2D eigenvalue weighted by molar-refractivity contribution is -0.946. The maximum Gasteiger partial charge on any atom is 0.211 e. The number of hydrogen-bond acceptors (Lipinski definition) is 8. The number of ether oxygens (including phenoxy) is 2. The van der Waals surface area contributed by atoms with Gasteiger partial charge in [0.25, 0.3) is 0 Å². The molecule has 3 saturated heterocycles. The third-order valence-corrected chi connectivity index (χ3v) is 11.9. The Morgan fingerprint density at radius 3 is 2.47 bits per heavy atom. The van der Waals surface area contributed by atoms with Gasteiger partial charge in [0.1, 0.15) is 29.7 Å². The van der Waals surface area contributed by atoms with Crippen LogP contribution >= 0.6 is 0 Å². The molecule has 6 N–H and O–H groups in total. The number of rotatable bonds is 18. The quantitative estimate of drug-likeness (QED) is 0.0454. The fraction of sp³-hybridized carbons (Fsp3) is 0.537. The van der Waals surface area contributed by atoms with Crippen LogP contribution in [-0.4, -0.2) is 83.4 Å². The molecule has 10 heteroatoms. The van der Waals surface area contributed by atoms with Crippen molar-refractivity contribution in [3.05, 3.63) is 89.0 Å². The van der Waals surface area contributed by atoms with Crippen molar-refractivity contribution < 1.29 is 39.2 Å². The lowest BCUT2D eigenvalue weighted by atomic mass is 9.80. The van der Waals surface area contributed by atoms with E-state index in [0.29, 0.717) is 36.9 Å². The number of phenols is 1. The maximum absolute atomic E-state index is 12.0. The second kappa shape index (κ2) is 16.9. The first-order valence-corrected chi connectivity index (χ1v) is 18.8. The lowest BCUT2D eigenvalue weighted by Crippen LogP contribution is -2.65. The number of hydrogen-bond donors (Lipinski definition) is 6. The van der Waals surface area contributed by atoms with Gasteiger partial charge in [-0.15, -0.1) is 0 Å². The average Bonchev–Trinajstić information content (AvgIpc) is 3.72. The van der Waals surface area contributed by atoms with Gasteiger partial charge in [-0.1, -0.05) is 55.3 Å². The minimum Gasteiger partial charge on any atom is -0.506 e. The number of nitrogens with zero attached hydrogens (tertiary/aromatic N) is 1. The van der Waals surface area contributed by atoms with E-state index in [9.17, 15) is 25.2 Å². The van der Waals surface area contributed by atoms with Crippen LogP contribution < -0.4 is 15.4 Å². The van der Waals surface area contributed by atoms with Crippen molar-refractivity contribution in [3.8, 4) is 11.5 Å². The predicted octanol–water partition coefficient (Wildman–Crippen LogP) is 5.31. The molecule has 2 unspecified atom stereocenters. The number of carbonyl (C=O) groups is 1. The van der Waals surface area contributed by atoms with Crippen LogP contribution in [0.25, 0.3) is 0 Å². The van der Waals surface area contributed by atoms with Crippen molar-refractivity contribution in [3.63, 3.8) is 0 Å². The Kier molecular flexibility index (Phi) is 12.3. The summed E-state index contributed by atoms with van der Waals surface area (Å²) in [5.41, 5.74) is 2.52. The molecule has 3 aromatic rings. The molecular formula is C41H56N3O7+. The number of phenolic OH excluding ortho intramolecular Hbond substituents is 1. The van der Waals surface area contributed by atoms with Gasteiger partial charge in [0.05, 0.1) is 51.2 Å². The van der Waals surface area contributed by atoms with Gasteiger partial charge in [0, 0.05) is 43.3 Å². The molecule has 1 saturated carbocycles. The Bertz CT molecular complexity index is 1570. The Hall–Kier alpha value is -3.51. The van der Waals surface area contributed by atoms with E-state index in [0.717, 1.165) is 79.5 Å². The van der Waals surface area contributed by atoms with Gasteiger partial charge in [0.15, 0.2) is 0 Å². The summed E-state index contributed by atoms with van der Waals surface area (Å²) in [6.45, 7) is 7.34. The van der Waals surface area contributed by atoms with Crippen LogP contribution in [0.2, 0.25) is 0 Å². The largest absolute Gasteiger partial charge is 0.506 e. The van der Waals surface area contributed by atoms with Gasteiger partial charge in [-0.3, -0.25) is 4.79 Å². The fourth-order valence-corrected chi connectivity index (χ4v) is 8.70. The summed E-state index contributed by atoms with van der Waals surface area (Å²) in [7, 11) is 0. The summed E-state index contributed by atoms with van der Waals surface area (Å²) < 4.78 is 14.0. The summed E-state index contributed by atoms with van der Waals surface area (Å²) in [6, 6.07) is 20.5. The molecule has 2 bridgehead atoms. The maximum atomic E-state index is 12.0. The number of fused-ring (bicyclic) bond motifs is 3. The number of quaternary nitrogens is 1. The molecule has 0 aromatic heterocycles. The molecule has 276 valence electrons. The first-order chi connectivity index (χ1) is 24.7. The first kappa shape index (κ1) is 37.3. The fourth-order valence-electron chi connectivity index (χ4n) is 8.70. The van der Waals surface area contributed by atoms with E-state index in [4.69, 9.17) is 9.47 Å². The number of carbonyl (C=O) groups excluding carboxylic acids is 1.